The number of para-hydroxylation sites is 1. The molecule has 1 aliphatic rings. The van der Waals surface area contributed by atoms with Crippen molar-refractivity contribution in [2.75, 3.05) is 13.2 Å². The number of rotatable bonds is 3. The summed E-state index contributed by atoms with van der Waals surface area (Å²) in [6.45, 7) is 1.02. The van der Waals surface area contributed by atoms with Gasteiger partial charge in [0.2, 0.25) is 0 Å². The third-order valence-corrected chi connectivity index (χ3v) is 4.24. The number of hydrogen-bond acceptors (Lipinski definition) is 6. The lowest BCUT2D eigenvalue weighted by Crippen LogP contribution is -2.15. The molecular weight excluding hydrogens is 390 g/mol. The van der Waals surface area contributed by atoms with Crippen LogP contribution in [0.1, 0.15) is 10.5 Å². The van der Waals surface area contributed by atoms with E-state index < -0.39 is 5.97 Å². The van der Waals surface area contributed by atoms with Crippen LogP contribution < -0.4 is 14.2 Å². The highest BCUT2D eigenvalue weighted by molar-refractivity contribution is 9.10. The molecule has 25 heavy (non-hydrogen) atoms. The number of ether oxygens (including phenoxy) is 3. The lowest BCUT2D eigenvalue weighted by atomic mass is 10.1. The summed E-state index contributed by atoms with van der Waals surface area (Å²) < 4.78 is 22.3. The summed E-state index contributed by atoms with van der Waals surface area (Å²) in [7, 11) is 0. The van der Waals surface area contributed by atoms with E-state index in [0.29, 0.717) is 40.7 Å². The molecule has 0 aliphatic carbocycles. The highest BCUT2D eigenvalue weighted by Gasteiger charge is 2.19. The van der Waals surface area contributed by atoms with Crippen molar-refractivity contribution >= 4 is 21.9 Å². The van der Waals surface area contributed by atoms with Crippen LogP contribution in [0.25, 0.3) is 11.3 Å². The quantitative estimate of drug-likeness (QED) is 0.486. The van der Waals surface area contributed by atoms with Crippen LogP contribution in [0.15, 0.2) is 57.5 Å². The zero-order valence-corrected chi connectivity index (χ0v) is 14.5. The molecule has 7 heteroatoms. The Morgan fingerprint density at radius 3 is 2.68 bits per heavy atom. The maximum atomic E-state index is 12.2. The van der Waals surface area contributed by atoms with E-state index in [2.05, 4.69) is 21.1 Å². The van der Waals surface area contributed by atoms with Gasteiger partial charge in [0, 0.05) is 11.6 Å². The summed E-state index contributed by atoms with van der Waals surface area (Å²) in [4.78, 5) is 12.2. The van der Waals surface area contributed by atoms with Gasteiger partial charge in [-0.2, -0.15) is 0 Å². The Kier molecular flexibility index (Phi) is 4.15. The van der Waals surface area contributed by atoms with Crippen molar-refractivity contribution in [2.24, 2.45) is 0 Å². The number of carbonyl (C=O) groups is 1. The summed E-state index contributed by atoms with van der Waals surface area (Å²) in [6.07, 6.45) is 0. The smallest absolute Gasteiger partial charge is 0.365 e. The number of halogens is 1. The van der Waals surface area contributed by atoms with Crippen LogP contribution >= 0.6 is 15.9 Å². The molecule has 0 amide bonds. The minimum atomic E-state index is -0.598. The highest BCUT2D eigenvalue weighted by atomic mass is 79.9. The summed E-state index contributed by atoms with van der Waals surface area (Å²) >= 11 is 3.33. The Morgan fingerprint density at radius 2 is 1.84 bits per heavy atom. The van der Waals surface area contributed by atoms with E-state index >= 15 is 0 Å². The number of carbonyl (C=O) groups excluding carboxylic acids is 1. The molecule has 0 N–H and O–H groups in total. The fraction of sp³-hybridized carbons (Fsp3) is 0.111. The molecule has 4 rings (SSSR count). The van der Waals surface area contributed by atoms with Gasteiger partial charge in [-0.15, -0.1) is 0 Å². The first-order chi connectivity index (χ1) is 12.2. The molecule has 1 aliphatic heterocycles. The van der Waals surface area contributed by atoms with Crippen molar-refractivity contribution in [3.8, 4) is 28.6 Å². The van der Waals surface area contributed by atoms with E-state index in [1.165, 1.54) is 6.07 Å². The lowest BCUT2D eigenvalue weighted by Gasteiger charge is -2.18. The minimum absolute atomic E-state index is 0.0839. The van der Waals surface area contributed by atoms with Crippen LogP contribution in [0.4, 0.5) is 0 Å². The van der Waals surface area contributed by atoms with Crippen LogP contribution in [0.2, 0.25) is 0 Å². The van der Waals surface area contributed by atoms with Crippen molar-refractivity contribution < 1.29 is 23.5 Å². The van der Waals surface area contributed by atoms with Crippen LogP contribution in [0.5, 0.6) is 17.2 Å². The zero-order chi connectivity index (χ0) is 17.2. The molecule has 1 aromatic heterocycles. The Bertz CT molecular complexity index is 937. The molecular formula is C18H12BrNO5. The van der Waals surface area contributed by atoms with Gasteiger partial charge < -0.3 is 18.7 Å². The van der Waals surface area contributed by atoms with E-state index in [9.17, 15) is 4.79 Å². The van der Waals surface area contributed by atoms with E-state index in [1.54, 1.807) is 30.3 Å². The van der Waals surface area contributed by atoms with Gasteiger partial charge in [-0.05, 0) is 46.3 Å². The third kappa shape index (κ3) is 3.23. The summed E-state index contributed by atoms with van der Waals surface area (Å²) in [6, 6.07) is 14.0. The topological polar surface area (TPSA) is 70.8 Å². The Balaban J connectivity index is 1.56. The average Bonchev–Trinajstić information content (AvgIpc) is 3.13. The van der Waals surface area contributed by atoms with Crippen LogP contribution in [-0.4, -0.2) is 24.3 Å². The molecule has 0 atom stereocenters. The maximum Gasteiger partial charge on any atom is 0.365 e. The molecule has 0 unspecified atom stereocenters. The molecule has 2 aromatic carbocycles. The molecule has 0 spiro atoms. The monoisotopic (exact) mass is 401 g/mol. The molecule has 0 bridgehead atoms. The first-order valence-electron chi connectivity index (χ1n) is 7.54. The largest absolute Gasteiger partial charge is 0.486 e. The Labute approximate surface area is 151 Å². The van der Waals surface area contributed by atoms with Crippen molar-refractivity contribution in [3.63, 3.8) is 0 Å². The Morgan fingerprint density at radius 1 is 1.04 bits per heavy atom. The van der Waals surface area contributed by atoms with Gasteiger partial charge in [-0.3, -0.25) is 0 Å². The van der Waals surface area contributed by atoms with Gasteiger partial charge in [-0.1, -0.05) is 17.3 Å². The van der Waals surface area contributed by atoms with E-state index in [0.717, 1.165) is 5.56 Å². The Hall–Kier alpha value is -2.80. The number of esters is 1. The van der Waals surface area contributed by atoms with E-state index in [4.69, 9.17) is 18.7 Å². The van der Waals surface area contributed by atoms with Crippen molar-refractivity contribution in [1.29, 1.82) is 0 Å². The first-order valence-corrected chi connectivity index (χ1v) is 8.33. The third-order valence-electron chi connectivity index (χ3n) is 3.59. The number of nitrogens with zero attached hydrogens (tertiary/aromatic N) is 1. The summed E-state index contributed by atoms with van der Waals surface area (Å²) in [5.41, 5.74) is 0.817. The number of fused-ring (bicyclic) bond motifs is 1. The van der Waals surface area contributed by atoms with Gasteiger partial charge >= 0.3 is 5.97 Å². The summed E-state index contributed by atoms with van der Waals surface area (Å²) in [5.74, 6) is 1.58. The fourth-order valence-corrected chi connectivity index (χ4v) is 2.75. The number of hydrogen-bond donors (Lipinski definition) is 0. The first kappa shape index (κ1) is 15.7. The minimum Gasteiger partial charge on any atom is -0.486 e. The van der Waals surface area contributed by atoms with Gasteiger partial charge in [0.25, 0.3) is 0 Å². The van der Waals surface area contributed by atoms with Crippen LogP contribution in [-0.2, 0) is 0 Å². The molecule has 0 radical (unpaired) electrons. The lowest BCUT2D eigenvalue weighted by molar-refractivity contribution is 0.0723. The maximum absolute atomic E-state index is 12.2. The molecule has 0 saturated heterocycles. The standard InChI is InChI=1S/C18H12BrNO5/c19-12-3-1-2-4-14(12)24-18(21)13-10-16(25-20-13)11-5-6-15-17(9-11)23-8-7-22-15/h1-6,9-10H,7-8H2. The normalized spacial score (nSPS) is 12.7. The SMILES string of the molecule is O=C(Oc1ccccc1Br)c1cc(-c2ccc3c(c2)OCCO3)on1. The fourth-order valence-electron chi connectivity index (χ4n) is 2.38. The number of aromatic nitrogens is 1. The van der Waals surface area contributed by atoms with E-state index in [1.807, 2.05) is 12.1 Å². The predicted molar refractivity (Wildman–Crippen MR) is 92.0 cm³/mol. The second kappa shape index (κ2) is 6.60. The predicted octanol–water partition coefficient (Wildman–Crippen LogP) is 4.09. The highest BCUT2D eigenvalue weighted by Crippen LogP contribution is 2.34. The van der Waals surface area contributed by atoms with Gasteiger partial charge in [0.15, 0.2) is 23.0 Å². The second-order valence-electron chi connectivity index (χ2n) is 5.25. The van der Waals surface area contributed by atoms with Gasteiger partial charge in [-0.25, -0.2) is 4.79 Å². The molecule has 0 fully saturated rings. The molecule has 3 aromatic rings. The second-order valence-corrected chi connectivity index (χ2v) is 6.11. The van der Waals surface area contributed by atoms with Gasteiger partial charge in [0.05, 0.1) is 4.47 Å². The molecule has 0 saturated carbocycles. The molecule has 126 valence electrons. The average molecular weight is 402 g/mol. The van der Waals surface area contributed by atoms with Crippen molar-refractivity contribution in [2.45, 2.75) is 0 Å². The molecule has 2 heterocycles. The molecule has 6 nitrogen and oxygen atoms in total. The van der Waals surface area contributed by atoms with Crippen molar-refractivity contribution in [1.82, 2.24) is 5.16 Å². The van der Waals surface area contributed by atoms with Gasteiger partial charge in [0.1, 0.15) is 19.0 Å². The summed E-state index contributed by atoms with van der Waals surface area (Å²) in [5, 5.41) is 3.79. The van der Waals surface area contributed by atoms with Crippen LogP contribution in [0.3, 0.4) is 0 Å². The zero-order valence-electron chi connectivity index (χ0n) is 12.9. The number of benzene rings is 2. The van der Waals surface area contributed by atoms with E-state index in [-0.39, 0.29) is 5.69 Å². The van der Waals surface area contributed by atoms with Crippen LogP contribution in [0, 0.1) is 0 Å². The van der Waals surface area contributed by atoms with Crippen molar-refractivity contribution in [3.05, 3.63) is 58.7 Å².